The maximum Gasteiger partial charge on any atom is 0.335 e. The number of carbonyl (C=O) groups is 2. The van der Waals surface area contributed by atoms with Crippen molar-refractivity contribution in [3.63, 3.8) is 0 Å². The monoisotopic (exact) mass is 521 g/mol. The van der Waals surface area contributed by atoms with Gasteiger partial charge in [0.05, 0.1) is 17.8 Å². The highest BCUT2D eigenvalue weighted by Crippen LogP contribution is 2.52. The van der Waals surface area contributed by atoms with Crippen molar-refractivity contribution in [1.29, 1.82) is 0 Å². The van der Waals surface area contributed by atoms with Gasteiger partial charge in [0.1, 0.15) is 0 Å². The van der Waals surface area contributed by atoms with Gasteiger partial charge in [-0.05, 0) is 66.3 Å². The first-order chi connectivity index (χ1) is 17.9. The third-order valence-corrected chi connectivity index (χ3v) is 8.99. The summed E-state index contributed by atoms with van der Waals surface area (Å²) < 4.78 is 13.1. The van der Waals surface area contributed by atoms with Crippen LogP contribution in [0.5, 0.6) is 0 Å². The molecule has 1 saturated carbocycles. The molecule has 1 saturated heterocycles. The van der Waals surface area contributed by atoms with E-state index < -0.39 is 18.5 Å². The summed E-state index contributed by atoms with van der Waals surface area (Å²) in [5.41, 5.74) is 2.27. The van der Waals surface area contributed by atoms with E-state index in [4.69, 9.17) is 9.47 Å². The van der Waals surface area contributed by atoms with Crippen LogP contribution in [0.2, 0.25) is 0 Å². The van der Waals surface area contributed by atoms with Crippen molar-refractivity contribution in [2.45, 2.75) is 91.4 Å². The molecule has 2 aliphatic heterocycles. The predicted octanol–water partition coefficient (Wildman–Crippen LogP) is 6.47. The van der Waals surface area contributed by atoms with Gasteiger partial charge in [-0.25, -0.2) is 4.79 Å². The van der Waals surface area contributed by atoms with Crippen LogP contribution < -0.4 is 4.90 Å². The van der Waals surface area contributed by atoms with Crippen molar-refractivity contribution in [3.8, 4) is 0 Å². The first kappa shape index (κ1) is 26.9. The number of aromatic carboxylic acids is 1. The Balaban J connectivity index is 1.38. The van der Waals surface area contributed by atoms with E-state index in [2.05, 4.69) is 34.6 Å². The molecule has 2 heterocycles. The second-order valence-electron chi connectivity index (χ2n) is 12.5. The average molecular weight is 522 g/mol. The molecular formula is C31H39NO6. The number of fused-ring (bicyclic) bond motifs is 1. The Labute approximate surface area is 224 Å². The van der Waals surface area contributed by atoms with E-state index in [1.807, 2.05) is 12.1 Å². The summed E-state index contributed by atoms with van der Waals surface area (Å²) in [6.45, 7) is 11.4. The summed E-state index contributed by atoms with van der Waals surface area (Å²) in [5, 5.41) is 20.2. The lowest BCUT2D eigenvalue weighted by atomic mass is 9.76. The fourth-order valence-corrected chi connectivity index (χ4v) is 5.86. The maximum atomic E-state index is 13.1. The van der Waals surface area contributed by atoms with Crippen LogP contribution in [-0.2, 0) is 9.47 Å². The number of benzene rings is 2. The highest BCUT2D eigenvalue weighted by molar-refractivity contribution is 6.11. The highest BCUT2D eigenvalue weighted by atomic mass is 16.7. The molecule has 2 aromatic rings. The summed E-state index contributed by atoms with van der Waals surface area (Å²) in [5.74, 6) is -0.790. The molecule has 2 fully saturated rings. The molecular weight excluding hydrogens is 482 g/mol. The fourth-order valence-electron chi connectivity index (χ4n) is 5.86. The molecule has 0 bridgehead atoms. The van der Waals surface area contributed by atoms with Crippen LogP contribution in [0.1, 0.15) is 111 Å². The average Bonchev–Trinajstić information content (AvgIpc) is 3.71. The zero-order valence-corrected chi connectivity index (χ0v) is 22.9. The van der Waals surface area contributed by atoms with Crippen LogP contribution in [0.4, 0.5) is 5.69 Å². The SMILES string of the molecule is CCC(C)(C)CC1CC(C(C)(C)C2CC2)OC(c2ccc(N3C(=O)c4ccc(C(=O)O)cc4C3O)cc2)O1. The van der Waals surface area contributed by atoms with Gasteiger partial charge in [-0.3, -0.25) is 9.69 Å². The Morgan fingerprint density at radius 2 is 1.74 bits per heavy atom. The van der Waals surface area contributed by atoms with Crippen LogP contribution in [0, 0.1) is 16.7 Å². The van der Waals surface area contributed by atoms with Crippen molar-refractivity contribution < 1.29 is 29.3 Å². The smallest absolute Gasteiger partial charge is 0.335 e. The Bertz CT molecular complexity index is 1220. The van der Waals surface area contributed by atoms with Gasteiger partial charge in [-0.2, -0.15) is 0 Å². The zero-order valence-electron chi connectivity index (χ0n) is 22.9. The molecule has 2 aromatic carbocycles. The molecule has 38 heavy (non-hydrogen) atoms. The molecule has 1 aliphatic carbocycles. The van der Waals surface area contributed by atoms with Crippen LogP contribution in [-0.4, -0.2) is 34.3 Å². The summed E-state index contributed by atoms with van der Waals surface area (Å²) in [6, 6.07) is 11.5. The minimum atomic E-state index is -1.26. The number of carboxylic acid groups (broad SMARTS) is 1. The number of hydrogen-bond donors (Lipinski definition) is 2. The van der Waals surface area contributed by atoms with Crippen LogP contribution in [0.25, 0.3) is 0 Å². The molecule has 4 atom stereocenters. The number of amides is 1. The molecule has 0 radical (unpaired) electrons. The van der Waals surface area contributed by atoms with Gasteiger partial charge in [0.25, 0.3) is 5.91 Å². The fraction of sp³-hybridized carbons (Fsp3) is 0.548. The van der Waals surface area contributed by atoms with Crippen LogP contribution >= 0.6 is 0 Å². The summed E-state index contributed by atoms with van der Waals surface area (Å²) in [6.07, 6.45) is 3.84. The van der Waals surface area contributed by atoms with Gasteiger partial charge in [0.15, 0.2) is 12.5 Å². The molecule has 7 nitrogen and oxygen atoms in total. The van der Waals surface area contributed by atoms with E-state index in [9.17, 15) is 19.8 Å². The maximum absolute atomic E-state index is 13.1. The quantitative estimate of drug-likeness (QED) is 0.413. The van der Waals surface area contributed by atoms with Crippen LogP contribution in [0.3, 0.4) is 0 Å². The van der Waals surface area contributed by atoms with Crippen molar-refractivity contribution in [2.75, 3.05) is 4.90 Å². The van der Waals surface area contributed by atoms with E-state index in [0.717, 1.165) is 24.8 Å². The van der Waals surface area contributed by atoms with Gasteiger partial charge in [0.2, 0.25) is 0 Å². The lowest BCUT2D eigenvalue weighted by Gasteiger charge is -2.45. The number of carboxylic acids is 1. The number of aliphatic hydroxyl groups excluding tert-OH is 1. The lowest BCUT2D eigenvalue weighted by Crippen LogP contribution is -2.44. The lowest BCUT2D eigenvalue weighted by molar-refractivity contribution is -0.275. The second kappa shape index (κ2) is 9.78. The highest BCUT2D eigenvalue weighted by Gasteiger charge is 2.48. The Hall–Kier alpha value is -2.74. The molecule has 4 unspecified atom stereocenters. The van der Waals surface area contributed by atoms with Gasteiger partial charge in [-0.15, -0.1) is 0 Å². The largest absolute Gasteiger partial charge is 0.478 e. The van der Waals surface area contributed by atoms with Crippen molar-refractivity contribution in [3.05, 3.63) is 64.7 Å². The number of aliphatic hydroxyl groups is 1. The molecule has 7 heteroatoms. The van der Waals surface area contributed by atoms with Gasteiger partial charge in [-0.1, -0.05) is 53.2 Å². The number of nitrogens with zero attached hydrogens (tertiary/aromatic N) is 1. The van der Waals surface area contributed by atoms with Gasteiger partial charge >= 0.3 is 5.97 Å². The minimum absolute atomic E-state index is 0.0314. The third-order valence-electron chi connectivity index (χ3n) is 8.99. The number of anilines is 1. The molecule has 1 amide bonds. The van der Waals surface area contributed by atoms with E-state index in [1.165, 1.54) is 35.9 Å². The standard InChI is InChI=1S/C31H39NO6/c1-6-30(2,3)17-22-16-25(31(4,5)20-10-11-20)38-29(37-22)18-7-12-21(13-8-18)32-26(33)23-14-9-19(28(35)36)15-24(23)27(32)34/h7-9,12-15,20,22,25,27,29,34H,6,10-11,16-17H2,1-5H3,(H,35,36). The van der Waals surface area contributed by atoms with Crippen molar-refractivity contribution >= 4 is 17.6 Å². The van der Waals surface area contributed by atoms with E-state index in [-0.39, 0.29) is 34.5 Å². The number of carbonyl (C=O) groups excluding carboxylic acids is 1. The number of ether oxygens (including phenoxy) is 2. The van der Waals surface area contributed by atoms with Crippen molar-refractivity contribution in [2.24, 2.45) is 16.7 Å². The number of rotatable bonds is 8. The summed E-state index contributed by atoms with van der Waals surface area (Å²) >= 11 is 0. The van der Waals surface area contributed by atoms with E-state index in [0.29, 0.717) is 22.7 Å². The zero-order chi connectivity index (χ0) is 27.4. The Kier molecular flexibility index (Phi) is 6.91. The Morgan fingerprint density at radius 3 is 2.34 bits per heavy atom. The molecule has 0 aromatic heterocycles. The summed E-state index contributed by atoms with van der Waals surface area (Å²) in [4.78, 5) is 25.7. The van der Waals surface area contributed by atoms with Gasteiger partial charge < -0.3 is 19.7 Å². The molecule has 204 valence electrons. The molecule has 0 spiro atoms. The minimum Gasteiger partial charge on any atom is -0.478 e. The first-order valence-electron chi connectivity index (χ1n) is 13.7. The second-order valence-corrected chi connectivity index (χ2v) is 12.5. The van der Waals surface area contributed by atoms with Crippen molar-refractivity contribution in [1.82, 2.24) is 0 Å². The molecule has 5 rings (SSSR count). The topological polar surface area (TPSA) is 96.3 Å². The summed E-state index contributed by atoms with van der Waals surface area (Å²) in [7, 11) is 0. The van der Waals surface area contributed by atoms with Crippen LogP contribution in [0.15, 0.2) is 42.5 Å². The van der Waals surface area contributed by atoms with E-state index >= 15 is 0 Å². The first-order valence-corrected chi connectivity index (χ1v) is 13.7. The van der Waals surface area contributed by atoms with E-state index in [1.54, 1.807) is 12.1 Å². The molecule has 2 N–H and O–H groups in total. The van der Waals surface area contributed by atoms with Gasteiger partial charge in [0, 0.05) is 28.8 Å². The molecule has 3 aliphatic rings. The predicted molar refractivity (Wildman–Crippen MR) is 144 cm³/mol. The normalized spacial score (nSPS) is 25.9. The Morgan fingerprint density at radius 1 is 1.05 bits per heavy atom. The third kappa shape index (κ3) is 4.99. The number of hydrogen-bond acceptors (Lipinski definition) is 5.